The molecule has 2 fully saturated rings. The van der Waals surface area contributed by atoms with Gasteiger partial charge in [0, 0.05) is 31.3 Å². The molecular formula is C41H49N7O6S. The van der Waals surface area contributed by atoms with E-state index in [0.717, 1.165) is 17.5 Å². The van der Waals surface area contributed by atoms with Crippen LogP contribution in [0, 0.1) is 5.92 Å². The van der Waals surface area contributed by atoms with E-state index >= 15 is 0 Å². The molecule has 5 heterocycles. The van der Waals surface area contributed by atoms with Gasteiger partial charge in [0.2, 0.25) is 29.5 Å². The van der Waals surface area contributed by atoms with Crippen LogP contribution in [-0.2, 0) is 36.8 Å². The van der Waals surface area contributed by atoms with E-state index in [4.69, 9.17) is 14.7 Å². The average Bonchev–Trinajstić information content (AvgIpc) is 4.03. The average molecular weight is 768 g/mol. The largest absolute Gasteiger partial charge is 0.474 e. The lowest BCUT2D eigenvalue weighted by molar-refractivity contribution is -0.140. The molecule has 0 aliphatic carbocycles. The lowest BCUT2D eigenvalue weighted by atomic mass is 9.98. The summed E-state index contributed by atoms with van der Waals surface area (Å²) in [5.74, 6) is -1.78. The number of thiazole rings is 1. The number of fused-ring (bicyclic) bond motifs is 6. The lowest BCUT2D eigenvalue weighted by Gasteiger charge is -2.31. The number of amides is 5. The predicted molar refractivity (Wildman–Crippen MR) is 207 cm³/mol. The smallest absolute Gasteiger partial charge is 0.271 e. The summed E-state index contributed by atoms with van der Waals surface area (Å²) in [5, 5.41) is 11.4. The van der Waals surface area contributed by atoms with Crippen molar-refractivity contribution >= 4 is 46.8 Å². The molecule has 8 atom stereocenters. The molecule has 2 aromatic carbocycles. The fraction of sp³-hybridized carbons (Fsp3) is 0.488. The Morgan fingerprint density at radius 1 is 0.800 bits per heavy atom. The molecule has 1 unspecified atom stereocenters. The Hall–Kier alpha value is -5.11. The van der Waals surface area contributed by atoms with E-state index in [9.17, 15) is 24.0 Å². The lowest BCUT2D eigenvalue weighted by Crippen LogP contribution is -2.56. The summed E-state index contributed by atoms with van der Waals surface area (Å²) in [6, 6.07) is 14.4. The van der Waals surface area contributed by atoms with Gasteiger partial charge in [-0.3, -0.25) is 24.0 Å². The summed E-state index contributed by atoms with van der Waals surface area (Å²) >= 11 is 1.29. The zero-order valence-electron chi connectivity index (χ0n) is 31.5. The van der Waals surface area contributed by atoms with Gasteiger partial charge in [-0.25, -0.2) is 9.98 Å². The molecule has 4 aliphatic rings. The van der Waals surface area contributed by atoms with Gasteiger partial charge in [-0.15, -0.1) is 11.3 Å². The van der Waals surface area contributed by atoms with Gasteiger partial charge in [0.15, 0.2) is 6.04 Å². The van der Waals surface area contributed by atoms with Crippen LogP contribution in [0.1, 0.15) is 85.5 Å². The third-order valence-corrected chi connectivity index (χ3v) is 12.2. The second-order valence-electron chi connectivity index (χ2n) is 15.0. The molecule has 55 heavy (non-hydrogen) atoms. The first kappa shape index (κ1) is 38.2. The third-order valence-electron chi connectivity index (χ3n) is 11.3. The van der Waals surface area contributed by atoms with Crippen LogP contribution >= 0.6 is 11.3 Å². The molecule has 3 aromatic rings. The molecule has 5 amide bonds. The molecule has 0 saturated carbocycles. The van der Waals surface area contributed by atoms with E-state index in [2.05, 4.69) is 16.0 Å². The number of nitrogens with one attached hydrogen (secondary N) is 3. The van der Waals surface area contributed by atoms with Crippen LogP contribution in [0.2, 0.25) is 0 Å². The van der Waals surface area contributed by atoms with Gasteiger partial charge < -0.3 is 30.5 Å². The van der Waals surface area contributed by atoms with Crippen molar-refractivity contribution in [1.82, 2.24) is 30.7 Å². The molecule has 4 bridgehead atoms. The van der Waals surface area contributed by atoms with Crippen molar-refractivity contribution in [1.29, 1.82) is 0 Å². The minimum atomic E-state index is -0.961. The molecule has 3 N–H and O–H groups in total. The van der Waals surface area contributed by atoms with E-state index in [1.165, 1.54) is 11.3 Å². The van der Waals surface area contributed by atoms with E-state index in [0.29, 0.717) is 43.8 Å². The second-order valence-corrected chi connectivity index (χ2v) is 15.9. The molecule has 290 valence electrons. The maximum atomic E-state index is 14.5. The highest BCUT2D eigenvalue weighted by Gasteiger charge is 2.44. The number of benzene rings is 2. The van der Waals surface area contributed by atoms with Crippen molar-refractivity contribution in [3.8, 4) is 0 Å². The quantitative estimate of drug-likeness (QED) is 0.346. The van der Waals surface area contributed by atoms with Gasteiger partial charge in [-0.05, 0) is 49.7 Å². The Morgan fingerprint density at radius 2 is 1.38 bits per heavy atom. The minimum Gasteiger partial charge on any atom is -0.474 e. The van der Waals surface area contributed by atoms with Gasteiger partial charge >= 0.3 is 0 Å². The minimum absolute atomic E-state index is 0.115. The van der Waals surface area contributed by atoms with Crippen molar-refractivity contribution in [3.63, 3.8) is 0 Å². The Labute approximate surface area is 325 Å². The molecule has 13 nitrogen and oxygen atoms in total. The SMILES string of the molecule is CCC(C)[C@@H]1NC(=O)[C@H]2CCCN2C(=O)[C@H](Cc2ccccc2)NC(=O)c2csc(n2)[C@H]2CCCN2C(=O)[C@H](Cc2ccccc2)NC(=O)[C@H]2N=C1O[C@@H]2C. The number of ether oxygens (including phenoxy) is 1. The van der Waals surface area contributed by atoms with Crippen LogP contribution in [0.4, 0.5) is 0 Å². The van der Waals surface area contributed by atoms with E-state index in [1.807, 2.05) is 74.5 Å². The third kappa shape index (κ3) is 8.29. The summed E-state index contributed by atoms with van der Waals surface area (Å²) in [4.78, 5) is 83.8. The molecule has 2 saturated heterocycles. The van der Waals surface area contributed by atoms with Crippen LogP contribution in [0.25, 0.3) is 0 Å². The topological polar surface area (TPSA) is 162 Å². The van der Waals surface area contributed by atoms with E-state index in [1.54, 1.807) is 22.1 Å². The molecule has 7 rings (SSSR count). The molecule has 1 aromatic heterocycles. The monoisotopic (exact) mass is 767 g/mol. The number of carbonyl (C=O) groups excluding carboxylic acids is 5. The van der Waals surface area contributed by atoms with Crippen molar-refractivity contribution < 1.29 is 28.7 Å². The number of nitrogens with zero attached hydrogens (tertiary/aromatic N) is 4. The van der Waals surface area contributed by atoms with Gasteiger partial charge in [0.25, 0.3) is 5.91 Å². The highest BCUT2D eigenvalue weighted by molar-refractivity contribution is 7.09. The number of aliphatic imine (C=N–C) groups is 1. The Morgan fingerprint density at radius 3 is 2.00 bits per heavy atom. The summed E-state index contributed by atoms with van der Waals surface area (Å²) < 4.78 is 6.23. The number of hydrogen-bond acceptors (Lipinski definition) is 9. The zero-order valence-corrected chi connectivity index (χ0v) is 32.3. The van der Waals surface area contributed by atoms with Gasteiger partial charge in [0.1, 0.15) is 41.0 Å². The van der Waals surface area contributed by atoms with Crippen molar-refractivity contribution in [2.45, 2.75) is 108 Å². The molecular weight excluding hydrogens is 719 g/mol. The first-order chi connectivity index (χ1) is 26.6. The number of hydrogen-bond donors (Lipinski definition) is 3. The summed E-state index contributed by atoms with van der Waals surface area (Å²) in [6.07, 6.45) is 2.98. The summed E-state index contributed by atoms with van der Waals surface area (Å²) in [6.45, 7) is 6.57. The van der Waals surface area contributed by atoms with Crippen LogP contribution in [-0.4, -0.2) is 99.6 Å². The van der Waals surface area contributed by atoms with Crippen molar-refractivity contribution in [2.75, 3.05) is 13.1 Å². The molecule has 0 spiro atoms. The summed E-state index contributed by atoms with van der Waals surface area (Å²) in [5.41, 5.74) is 1.90. The maximum Gasteiger partial charge on any atom is 0.271 e. The van der Waals surface area contributed by atoms with Crippen molar-refractivity contribution in [3.05, 3.63) is 87.9 Å². The molecule has 4 aliphatic heterocycles. The van der Waals surface area contributed by atoms with Crippen LogP contribution < -0.4 is 16.0 Å². The van der Waals surface area contributed by atoms with E-state index in [-0.39, 0.29) is 54.1 Å². The normalized spacial score (nSPS) is 28.2. The summed E-state index contributed by atoms with van der Waals surface area (Å²) in [7, 11) is 0. The van der Waals surface area contributed by atoms with E-state index < -0.39 is 48.1 Å². The standard InChI is InChI=1S/C41H49N7O6S/c1-4-24(2)33-38-46-34(25(3)54-38)37(51)43-29(22-27-15-9-6-10-16-27)41(53)48-20-12-18-32(48)39-44-30(23-55-39)35(49)42-28(21-26-13-7-5-8-14-26)40(52)47-19-11-17-31(47)36(50)45-33/h5-10,13-16,23-25,28-29,31-34H,4,11-12,17-22H2,1-3H3,(H,42,49)(H,43,51)(H,45,50)/t24?,25-,28+,29+,31-,32-,33+,34+/m1/s1. The number of rotatable bonds is 6. The van der Waals surface area contributed by atoms with Crippen LogP contribution in [0.5, 0.6) is 0 Å². The van der Waals surface area contributed by atoms with Crippen LogP contribution in [0.15, 0.2) is 71.0 Å². The first-order valence-electron chi connectivity index (χ1n) is 19.4. The predicted octanol–water partition coefficient (Wildman–Crippen LogP) is 3.60. The maximum absolute atomic E-state index is 14.5. The molecule has 14 heteroatoms. The Bertz CT molecular complexity index is 1920. The molecule has 0 radical (unpaired) electrons. The fourth-order valence-electron chi connectivity index (χ4n) is 8.01. The highest BCUT2D eigenvalue weighted by atomic mass is 32.1. The van der Waals surface area contributed by atoms with Gasteiger partial charge in [0.05, 0.1) is 6.04 Å². The number of aromatic nitrogens is 1. The fourth-order valence-corrected chi connectivity index (χ4v) is 8.96. The highest BCUT2D eigenvalue weighted by Crippen LogP contribution is 2.35. The van der Waals surface area contributed by atoms with Crippen molar-refractivity contribution in [2.24, 2.45) is 10.9 Å². The first-order valence-corrected chi connectivity index (χ1v) is 20.3. The van der Waals surface area contributed by atoms with Gasteiger partial charge in [-0.2, -0.15) is 0 Å². The van der Waals surface area contributed by atoms with Crippen LogP contribution in [0.3, 0.4) is 0 Å². The van der Waals surface area contributed by atoms with Gasteiger partial charge in [-0.1, -0.05) is 80.9 Å². The Balaban J connectivity index is 1.27. The second kappa shape index (κ2) is 16.7. The Kier molecular flexibility index (Phi) is 11.6. The number of carbonyl (C=O) groups is 5. The zero-order chi connectivity index (χ0) is 38.6.